The SMILES string of the molecule is CC(C)S(=O)(=O)Nc1cc(-n2cnc3c(-c4ccc(F)cc4)c(-c4cnn(C)c4)ccc32)ccn1. The molecule has 0 radical (unpaired) electrons. The van der Waals surface area contributed by atoms with Gasteiger partial charge < -0.3 is 0 Å². The van der Waals surface area contributed by atoms with Gasteiger partial charge in [0.25, 0.3) is 0 Å². The minimum Gasteiger partial charge on any atom is -0.299 e. The number of nitrogens with zero attached hydrogens (tertiary/aromatic N) is 5. The Hall–Kier alpha value is -4.05. The maximum Gasteiger partial charge on any atom is 0.236 e. The number of hydrogen-bond donors (Lipinski definition) is 1. The number of aromatic nitrogens is 5. The standard InChI is InChI=1S/C25H23FN6O2S/c1-16(2)35(33,34)30-23-12-20(10-11-27-23)32-15-28-25-22(32)9-8-21(18-13-29-31(3)14-18)24(25)17-4-6-19(26)7-5-17/h4-16H,1-3H3,(H,27,30). The average molecular weight is 491 g/mol. The summed E-state index contributed by atoms with van der Waals surface area (Å²) in [7, 11) is -1.69. The van der Waals surface area contributed by atoms with Gasteiger partial charge in [-0.3, -0.25) is 14.0 Å². The molecular formula is C25H23FN6O2S. The number of anilines is 1. The van der Waals surface area contributed by atoms with E-state index in [1.165, 1.54) is 12.1 Å². The van der Waals surface area contributed by atoms with Gasteiger partial charge in [0.2, 0.25) is 10.0 Å². The first-order chi connectivity index (χ1) is 16.7. The Morgan fingerprint density at radius 1 is 1.00 bits per heavy atom. The summed E-state index contributed by atoms with van der Waals surface area (Å²) < 4.78 is 44.4. The number of pyridine rings is 1. The molecule has 178 valence electrons. The third kappa shape index (κ3) is 4.28. The van der Waals surface area contributed by atoms with Gasteiger partial charge in [-0.15, -0.1) is 0 Å². The molecule has 2 aromatic carbocycles. The predicted octanol–water partition coefficient (Wildman–Crippen LogP) is 4.78. The molecule has 3 heterocycles. The van der Waals surface area contributed by atoms with E-state index in [-0.39, 0.29) is 11.6 Å². The van der Waals surface area contributed by atoms with E-state index in [0.717, 1.165) is 33.3 Å². The van der Waals surface area contributed by atoms with E-state index in [0.29, 0.717) is 5.69 Å². The van der Waals surface area contributed by atoms with Crippen LogP contribution in [0.15, 0.2) is 73.4 Å². The van der Waals surface area contributed by atoms with Gasteiger partial charge in [-0.2, -0.15) is 5.10 Å². The number of fused-ring (bicyclic) bond motifs is 1. The van der Waals surface area contributed by atoms with E-state index in [1.807, 2.05) is 29.9 Å². The molecule has 0 atom stereocenters. The third-order valence-electron chi connectivity index (χ3n) is 5.76. The minimum absolute atomic E-state index is 0.226. The average Bonchev–Trinajstić information content (AvgIpc) is 3.45. The van der Waals surface area contributed by atoms with Gasteiger partial charge in [-0.1, -0.05) is 18.2 Å². The fraction of sp³-hybridized carbons (Fsp3) is 0.160. The monoisotopic (exact) mass is 490 g/mol. The Labute approximate surface area is 202 Å². The van der Waals surface area contributed by atoms with Crippen molar-refractivity contribution < 1.29 is 12.8 Å². The molecule has 1 N–H and O–H groups in total. The lowest BCUT2D eigenvalue weighted by Gasteiger charge is -2.13. The number of halogens is 1. The zero-order chi connectivity index (χ0) is 24.7. The molecule has 0 unspecified atom stereocenters. The van der Waals surface area contributed by atoms with Crippen LogP contribution in [0.5, 0.6) is 0 Å². The van der Waals surface area contributed by atoms with Gasteiger partial charge in [0.1, 0.15) is 18.0 Å². The number of hydrogen-bond acceptors (Lipinski definition) is 5. The second-order valence-corrected chi connectivity index (χ2v) is 10.7. The summed E-state index contributed by atoms with van der Waals surface area (Å²) in [5, 5.41) is 3.70. The van der Waals surface area contributed by atoms with E-state index in [4.69, 9.17) is 4.98 Å². The molecule has 0 amide bonds. The van der Waals surface area contributed by atoms with Gasteiger partial charge in [0, 0.05) is 36.6 Å². The van der Waals surface area contributed by atoms with Crippen molar-refractivity contribution in [2.24, 2.45) is 7.05 Å². The largest absolute Gasteiger partial charge is 0.299 e. The smallest absolute Gasteiger partial charge is 0.236 e. The molecule has 0 aliphatic carbocycles. The normalized spacial score (nSPS) is 11.9. The lowest BCUT2D eigenvalue weighted by Crippen LogP contribution is -2.23. The minimum atomic E-state index is -3.54. The van der Waals surface area contributed by atoms with E-state index in [2.05, 4.69) is 14.8 Å². The zero-order valence-corrected chi connectivity index (χ0v) is 20.2. The Balaban J connectivity index is 1.67. The quantitative estimate of drug-likeness (QED) is 0.370. The molecule has 8 nitrogen and oxygen atoms in total. The summed E-state index contributed by atoms with van der Waals surface area (Å²) in [6.07, 6.45) is 6.92. The summed E-state index contributed by atoms with van der Waals surface area (Å²) in [4.78, 5) is 8.86. The topological polar surface area (TPSA) is 94.7 Å². The Morgan fingerprint density at radius 2 is 1.77 bits per heavy atom. The first kappa shape index (κ1) is 22.7. The molecule has 5 aromatic rings. The van der Waals surface area contributed by atoms with Crippen LogP contribution in [0, 0.1) is 5.82 Å². The van der Waals surface area contributed by atoms with Crippen LogP contribution in [0.3, 0.4) is 0 Å². The van der Waals surface area contributed by atoms with Gasteiger partial charge in [0.05, 0.1) is 28.2 Å². The van der Waals surface area contributed by atoms with E-state index in [9.17, 15) is 12.8 Å². The third-order valence-corrected chi connectivity index (χ3v) is 7.49. The predicted molar refractivity (Wildman–Crippen MR) is 134 cm³/mol. The highest BCUT2D eigenvalue weighted by molar-refractivity contribution is 7.93. The van der Waals surface area contributed by atoms with Crippen molar-refractivity contribution in [1.29, 1.82) is 0 Å². The molecule has 3 aromatic heterocycles. The molecule has 5 rings (SSSR count). The van der Waals surface area contributed by atoms with Gasteiger partial charge in [0.15, 0.2) is 0 Å². The molecule has 0 fully saturated rings. The van der Waals surface area contributed by atoms with Crippen molar-refractivity contribution in [3.63, 3.8) is 0 Å². The summed E-state index contributed by atoms with van der Waals surface area (Å²) in [6, 6.07) is 13.7. The second-order valence-electron chi connectivity index (χ2n) is 8.48. The molecule has 0 aliphatic heterocycles. The number of sulfonamides is 1. The van der Waals surface area contributed by atoms with Crippen LogP contribution in [-0.2, 0) is 17.1 Å². The van der Waals surface area contributed by atoms with Crippen molar-refractivity contribution in [3.8, 4) is 27.9 Å². The number of imidazole rings is 1. The molecule has 0 spiro atoms. The van der Waals surface area contributed by atoms with Crippen molar-refractivity contribution in [2.75, 3.05) is 4.72 Å². The van der Waals surface area contributed by atoms with E-state index < -0.39 is 15.3 Å². The molecule has 0 bridgehead atoms. The first-order valence-corrected chi connectivity index (χ1v) is 12.5. The highest BCUT2D eigenvalue weighted by Gasteiger charge is 2.19. The summed E-state index contributed by atoms with van der Waals surface area (Å²) in [6.45, 7) is 3.21. The van der Waals surface area contributed by atoms with Gasteiger partial charge in [-0.25, -0.2) is 22.8 Å². The maximum absolute atomic E-state index is 13.7. The fourth-order valence-electron chi connectivity index (χ4n) is 3.89. The van der Waals surface area contributed by atoms with Crippen molar-refractivity contribution >= 4 is 26.9 Å². The van der Waals surface area contributed by atoms with Crippen LogP contribution in [0.25, 0.3) is 39.0 Å². The Kier molecular flexibility index (Phi) is 5.60. The van der Waals surface area contributed by atoms with Crippen LogP contribution in [-0.4, -0.2) is 38.0 Å². The molecule has 0 saturated carbocycles. The fourth-order valence-corrected chi connectivity index (χ4v) is 4.53. The van der Waals surface area contributed by atoms with Crippen LogP contribution in [0.4, 0.5) is 10.2 Å². The lowest BCUT2D eigenvalue weighted by atomic mass is 9.94. The van der Waals surface area contributed by atoms with E-state index >= 15 is 0 Å². The zero-order valence-electron chi connectivity index (χ0n) is 19.3. The van der Waals surface area contributed by atoms with E-state index in [1.54, 1.807) is 61.5 Å². The second kappa shape index (κ2) is 8.62. The molecule has 10 heteroatoms. The van der Waals surface area contributed by atoms with Crippen LogP contribution in [0.2, 0.25) is 0 Å². The maximum atomic E-state index is 13.7. The number of rotatable bonds is 6. The number of benzene rings is 2. The summed E-state index contributed by atoms with van der Waals surface area (Å²) in [5.41, 5.74) is 5.73. The van der Waals surface area contributed by atoms with Crippen LogP contribution < -0.4 is 4.72 Å². The number of aryl methyl sites for hydroxylation is 1. The lowest BCUT2D eigenvalue weighted by molar-refractivity contribution is 0.592. The molecule has 0 saturated heterocycles. The summed E-state index contributed by atoms with van der Waals surface area (Å²) >= 11 is 0. The highest BCUT2D eigenvalue weighted by atomic mass is 32.2. The highest BCUT2D eigenvalue weighted by Crippen LogP contribution is 2.38. The molecule has 35 heavy (non-hydrogen) atoms. The number of nitrogens with one attached hydrogen (secondary N) is 1. The Morgan fingerprint density at radius 3 is 2.46 bits per heavy atom. The summed E-state index contributed by atoms with van der Waals surface area (Å²) in [5.74, 6) is -0.0914. The Bertz CT molecular complexity index is 1640. The van der Waals surface area contributed by atoms with Crippen molar-refractivity contribution in [1.82, 2.24) is 24.3 Å². The van der Waals surface area contributed by atoms with Crippen molar-refractivity contribution in [3.05, 3.63) is 79.3 Å². The van der Waals surface area contributed by atoms with Crippen LogP contribution in [0.1, 0.15) is 13.8 Å². The van der Waals surface area contributed by atoms with Crippen LogP contribution >= 0.6 is 0 Å². The first-order valence-electron chi connectivity index (χ1n) is 11.0. The van der Waals surface area contributed by atoms with Gasteiger partial charge >= 0.3 is 0 Å². The molecule has 0 aliphatic rings. The van der Waals surface area contributed by atoms with Gasteiger partial charge in [-0.05, 0) is 49.2 Å². The van der Waals surface area contributed by atoms with Crippen molar-refractivity contribution in [2.45, 2.75) is 19.1 Å². The molecular weight excluding hydrogens is 467 g/mol.